The molecule has 1 atom stereocenters. The smallest absolute Gasteiger partial charge is 0.273 e. The van der Waals surface area contributed by atoms with E-state index in [1.165, 1.54) is 6.42 Å². The van der Waals surface area contributed by atoms with Crippen molar-refractivity contribution in [3.63, 3.8) is 0 Å². The van der Waals surface area contributed by atoms with Crippen molar-refractivity contribution in [2.45, 2.75) is 32.2 Å². The van der Waals surface area contributed by atoms with Gasteiger partial charge >= 0.3 is 0 Å². The number of aromatic nitrogens is 1. The number of rotatable bonds is 8. The molecule has 33 heavy (non-hydrogen) atoms. The van der Waals surface area contributed by atoms with E-state index < -0.39 is 0 Å². The van der Waals surface area contributed by atoms with Gasteiger partial charge in [0.2, 0.25) is 0 Å². The van der Waals surface area contributed by atoms with Gasteiger partial charge in [-0.05, 0) is 51.1 Å². The third kappa shape index (κ3) is 5.37. The molecule has 3 aromatic rings. The van der Waals surface area contributed by atoms with Crippen molar-refractivity contribution in [3.05, 3.63) is 65.4 Å². The third-order valence-corrected chi connectivity index (χ3v) is 6.16. The standard InChI is InChI=1S/C26H31N3O4/c1-18-7-9-19(10-8-18)25-16-22(28-33-25)26(30)27-17-23(29-13-5-4-6-14-29)21-15-20(31-2)11-12-24(21)32-3/h7-12,15-16,23H,4-6,13-14,17H2,1-3H3,(H,27,30). The van der Waals surface area contributed by atoms with E-state index in [0.717, 1.165) is 54.1 Å². The van der Waals surface area contributed by atoms with Crippen LogP contribution in [0.15, 0.2) is 53.1 Å². The maximum absolute atomic E-state index is 12.9. The molecule has 0 radical (unpaired) electrons. The second-order valence-corrected chi connectivity index (χ2v) is 8.37. The Morgan fingerprint density at radius 3 is 2.52 bits per heavy atom. The van der Waals surface area contributed by atoms with Gasteiger partial charge in [0, 0.05) is 23.7 Å². The number of carbonyl (C=O) groups is 1. The highest BCUT2D eigenvalue weighted by molar-refractivity contribution is 5.93. The first-order valence-corrected chi connectivity index (χ1v) is 11.4. The summed E-state index contributed by atoms with van der Waals surface area (Å²) in [5, 5.41) is 7.05. The zero-order valence-corrected chi connectivity index (χ0v) is 19.5. The van der Waals surface area contributed by atoms with Crippen LogP contribution in [0.2, 0.25) is 0 Å². The molecule has 2 heterocycles. The second-order valence-electron chi connectivity index (χ2n) is 8.37. The first kappa shape index (κ1) is 22.9. The van der Waals surface area contributed by atoms with Gasteiger partial charge in [0.1, 0.15) is 11.5 Å². The molecular formula is C26H31N3O4. The Kier molecular flexibility index (Phi) is 7.29. The molecule has 174 valence electrons. The Morgan fingerprint density at radius 2 is 1.82 bits per heavy atom. The molecule has 4 rings (SSSR count). The summed E-state index contributed by atoms with van der Waals surface area (Å²) in [6.45, 7) is 4.40. The lowest BCUT2D eigenvalue weighted by Gasteiger charge is -2.35. The molecule has 1 amide bonds. The summed E-state index contributed by atoms with van der Waals surface area (Å²) in [6.07, 6.45) is 3.51. The van der Waals surface area contributed by atoms with Crippen molar-refractivity contribution < 1.29 is 18.8 Å². The summed E-state index contributed by atoms with van der Waals surface area (Å²) in [5.74, 6) is 1.85. The Hall–Kier alpha value is -3.32. The molecule has 1 saturated heterocycles. The average Bonchev–Trinajstić information content (AvgIpc) is 3.35. The van der Waals surface area contributed by atoms with Crippen LogP contribution in [0.3, 0.4) is 0 Å². The minimum absolute atomic E-state index is 0.0391. The van der Waals surface area contributed by atoms with Crippen molar-refractivity contribution in [3.8, 4) is 22.8 Å². The highest BCUT2D eigenvalue weighted by atomic mass is 16.5. The van der Waals surface area contributed by atoms with Crippen LogP contribution < -0.4 is 14.8 Å². The molecule has 2 aromatic carbocycles. The number of benzene rings is 2. The number of methoxy groups -OCH3 is 2. The number of amides is 1. The fourth-order valence-corrected chi connectivity index (χ4v) is 4.28. The van der Waals surface area contributed by atoms with Gasteiger partial charge < -0.3 is 19.3 Å². The van der Waals surface area contributed by atoms with E-state index in [4.69, 9.17) is 14.0 Å². The normalized spacial score (nSPS) is 15.1. The molecule has 0 aliphatic carbocycles. The molecule has 1 unspecified atom stereocenters. The van der Waals surface area contributed by atoms with Gasteiger partial charge in [-0.2, -0.15) is 0 Å². The summed E-state index contributed by atoms with van der Waals surface area (Å²) in [6, 6.07) is 15.4. The van der Waals surface area contributed by atoms with Crippen molar-refractivity contribution >= 4 is 5.91 Å². The van der Waals surface area contributed by atoms with E-state index in [0.29, 0.717) is 12.3 Å². The number of likely N-dealkylation sites (tertiary alicyclic amines) is 1. The molecule has 7 nitrogen and oxygen atoms in total. The predicted octanol–water partition coefficient (Wildman–Crippen LogP) is 4.62. The van der Waals surface area contributed by atoms with Crippen LogP contribution in [0.25, 0.3) is 11.3 Å². The van der Waals surface area contributed by atoms with E-state index >= 15 is 0 Å². The molecule has 1 aliphatic rings. The Labute approximate surface area is 194 Å². The summed E-state index contributed by atoms with van der Waals surface area (Å²) in [5.41, 5.74) is 3.31. The second kappa shape index (κ2) is 10.5. The monoisotopic (exact) mass is 449 g/mol. The van der Waals surface area contributed by atoms with Gasteiger partial charge in [-0.3, -0.25) is 9.69 Å². The topological polar surface area (TPSA) is 76.8 Å². The van der Waals surface area contributed by atoms with Gasteiger partial charge in [-0.1, -0.05) is 41.4 Å². The van der Waals surface area contributed by atoms with Crippen molar-refractivity contribution in [1.29, 1.82) is 0 Å². The lowest BCUT2D eigenvalue weighted by molar-refractivity contribution is 0.0914. The predicted molar refractivity (Wildman–Crippen MR) is 127 cm³/mol. The van der Waals surface area contributed by atoms with E-state index in [9.17, 15) is 4.79 Å². The molecule has 0 spiro atoms. The quantitative estimate of drug-likeness (QED) is 0.541. The van der Waals surface area contributed by atoms with Crippen LogP contribution in [0, 0.1) is 6.92 Å². The molecule has 0 bridgehead atoms. The van der Waals surface area contributed by atoms with Crippen LogP contribution >= 0.6 is 0 Å². The number of ether oxygens (including phenoxy) is 2. The molecule has 0 saturated carbocycles. The lowest BCUT2D eigenvalue weighted by Crippen LogP contribution is -2.40. The number of hydrogen-bond acceptors (Lipinski definition) is 6. The van der Waals surface area contributed by atoms with Gasteiger partial charge in [0.15, 0.2) is 11.5 Å². The molecule has 7 heteroatoms. The largest absolute Gasteiger partial charge is 0.497 e. The minimum atomic E-state index is -0.263. The number of piperidine rings is 1. The van der Waals surface area contributed by atoms with Crippen LogP contribution in [-0.4, -0.2) is 49.8 Å². The summed E-state index contributed by atoms with van der Waals surface area (Å²) >= 11 is 0. The Bertz CT molecular complexity index is 1070. The van der Waals surface area contributed by atoms with E-state index in [2.05, 4.69) is 15.4 Å². The van der Waals surface area contributed by atoms with Crippen molar-refractivity contribution in [2.24, 2.45) is 0 Å². The Morgan fingerprint density at radius 1 is 1.06 bits per heavy atom. The van der Waals surface area contributed by atoms with Crippen molar-refractivity contribution in [1.82, 2.24) is 15.4 Å². The van der Waals surface area contributed by atoms with Gasteiger partial charge in [0.25, 0.3) is 5.91 Å². The van der Waals surface area contributed by atoms with E-state index in [1.54, 1.807) is 20.3 Å². The summed E-state index contributed by atoms with van der Waals surface area (Å²) in [7, 11) is 3.32. The van der Waals surface area contributed by atoms with Crippen LogP contribution in [0.4, 0.5) is 0 Å². The average molecular weight is 450 g/mol. The number of nitrogens with zero attached hydrogens (tertiary/aromatic N) is 2. The van der Waals surface area contributed by atoms with Gasteiger partial charge in [-0.15, -0.1) is 0 Å². The summed E-state index contributed by atoms with van der Waals surface area (Å²) in [4.78, 5) is 15.3. The maximum Gasteiger partial charge on any atom is 0.273 e. The molecule has 1 fully saturated rings. The SMILES string of the molecule is COc1ccc(OC)c(C(CNC(=O)c2cc(-c3ccc(C)cc3)on2)N2CCCCC2)c1. The highest BCUT2D eigenvalue weighted by Gasteiger charge is 2.27. The fourth-order valence-electron chi connectivity index (χ4n) is 4.28. The van der Waals surface area contributed by atoms with Gasteiger partial charge in [-0.25, -0.2) is 0 Å². The first-order valence-electron chi connectivity index (χ1n) is 11.4. The number of carbonyl (C=O) groups excluding carboxylic acids is 1. The number of aryl methyl sites for hydroxylation is 1. The fraction of sp³-hybridized carbons (Fsp3) is 0.385. The first-order chi connectivity index (χ1) is 16.1. The zero-order chi connectivity index (χ0) is 23.2. The molecule has 1 N–H and O–H groups in total. The van der Waals surface area contributed by atoms with Gasteiger partial charge in [0.05, 0.1) is 20.3 Å². The molecular weight excluding hydrogens is 418 g/mol. The maximum atomic E-state index is 12.9. The number of nitrogens with one attached hydrogen (secondary N) is 1. The molecule has 1 aromatic heterocycles. The lowest BCUT2D eigenvalue weighted by atomic mass is 10.00. The highest BCUT2D eigenvalue weighted by Crippen LogP contribution is 2.34. The van der Waals surface area contributed by atoms with Crippen LogP contribution in [0.5, 0.6) is 11.5 Å². The van der Waals surface area contributed by atoms with Crippen LogP contribution in [-0.2, 0) is 0 Å². The van der Waals surface area contributed by atoms with Crippen LogP contribution in [0.1, 0.15) is 46.9 Å². The minimum Gasteiger partial charge on any atom is -0.497 e. The van der Waals surface area contributed by atoms with Crippen molar-refractivity contribution in [2.75, 3.05) is 33.9 Å². The Balaban J connectivity index is 1.53. The summed E-state index contributed by atoms with van der Waals surface area (Å²) < 4.78 is 16.5. The van der Waals surface area contributed by atoms with E-state index in [-0.39, 0.29) is 17.6 Å². The number of hydrogen-bond donors (Lipinski definition) is 1. The third-order valence-electron chi connectivity index (χ3n) is 6.16. The molecule has 1 aliphatic heterocycles. The van der Waals surface area contributed by atoms with E-state index in [1.807, 2.05) is 49.4 Å². The zero-order valence-electron chi connectivity index (χ0n) is 19.5.